The van der Waals surface area contributed by atoms with Gasteiger partial charge in [0.1, 0.15) is 0 Å². The highest BCUT2D eigenvalue weighted by molar-refractivity contribution is 8.00. The van der Waals surface area contributed by atoms with Crippen LogP contribution in [0.4, 0.5) is 0 Å². The van der Waals surface area contributed by atoms with Gasteiger partial charge in [-0.05, 0) is 37.9 Å². The monoisotopic (exact) mass is 187 g/mol. The summed E-state index contributed by atoms with van der Waals surface area (Å²) in [6.07, 6.45) is 3.84. The Morgan fingerprint density at radius 1 is 1.50 bits per heavy atom. The third-order valence-corrected chi connectivity index (χ3v) is 4.42. The molecule has 0 aromatic heterocycles. The normalized spacial score (nSPS) is 32.8. The summed E-state index contributed by atoms with van der Waals surface area (Å²) in [6, 6.07) is 0.394. The van der Waals surface area contributed by atoms with Crippen LogP contribution in [0.15, 0.2) is 0 Å². The molecule has 1 aliphatic rings. The Bertz CT molecular complexity index is 139. The van der Waals surface area contributed by atoms with Crippen molar-refractivity contribution in [2.45, 2.75) is 50.8 Å². The molecule has 1 saturated heterocycles. The summed E-state index contributed by atoms with van der Waals surface area (Å²) >= 11 is 2.07. The second-order valence-corrected chi connectivity index (χ2v) is 6.13. The van der Waals surface area contributed by atoms with Gasteiger partial charge in [0, 0.05) is 10.8 Å². The molecule has 2 heteroatoms. The van der Waals surface area contributed by atoms with Crippen LogP contribution in [0, 0.1) is 5.92 Å². The molecule has 1 rings (SSSR count). The van der Waals surface area contributed by atoms with Gasteiger partial charge < -0.3 is 5.73 Å². The second-order valence-electron chi connectivity index (χ2n) is 4.50. The van der Waals surface area contributed by atoms with Gasteiger partial charge in [-0.2, -0.15) is 11.8 Å². The van der Waals surface area contributed by atoms with Crippen molar-refractivity contribution in [3.8, 4) is 0 Å². The highest BCUT2D eigenvalue weighted by Crippen LogP contribution is 2.41. The van der Waals surface area contributed by atoms with Crippen molar-refractivity contribution in [1.82, 2.24) is 0 Å². The van der Waals surface area contributed by atoms with E-state index >= 15 is 0 Å². The zero-order chi connectivity index (χ0) is 9.19. The van der Waals surface area contributed by atoms with Gasteiger partial charge in [-0.15, -0.1) is 0 Å². The van der Waals surface area contributed by atoms with E-state index in [-0.39, 0.29) is 0 Å². The summed E-state index contributed by atoms with van der Waals surface area (Å²) in [5.41, 5.74) is 6.19. The Balaban J connectivity index is 2.44. The molecule has 1 heterocycles. The Hall–Kier alpha value is 0.310. The molecule has 0 spiro atoms. The molecule has 2 atom stereocenters. The first kappa shape index (κ1) is 10.4. The Morgan fingerprint density at radius 3 is 2.58 bits per heavy atom. The average molecular weight is 187 g/mol. The lowest BCUT2D eigenvalue weighted by molar-refractivity contribution is 0.407. The molecule has 12 heavy (non-hydrogen) atoms. The van der Waals surface area contributed by atoms with Crippen LogP contribution in [0.3, 0.4) is 0 Å². The van der Waals surface area contributed by atoms with Crippen LogP contribution >= 0.6 is 11.8 Å². The third kappa shape index (κ3) is 2.40. The maximum absolute atomic E-state index is 6.19. The van der Waals surface area contributed by atoms with Crippen LogP contribution in [0.1, 0.15) is 40.0 Å². The lowest BCUT2D eigenvalue weighted by atomic mass is 9.90. The van der Waals surface area contributed by atoms with E-state index in [2.05, 4.69) is 32.5 Å². The molecule has 2 unspecified atom stereocenters. The minimum absolute atomic E-state index is 0.379. The number of thioether (sulfide) groups is 1. The standard InChI is InChI=1S/C10H21NS/c1-8(2)7-9(11)10(3)5-4-6-12-10/h8-9H,4-7,11H2,1-3H3. The number of rotatable bonds is 3. The lowest BCUT2D eigenvalue weighted by Crippen LogP contribution is -2.41. The van der Waals surface area contributed by atoms with E-state index < -0.39 is 0 Å². The van der Waals surface area contributed by atoms with Gasteiger partial charge in [0.25, 0.3) is 0 Å². The van der Waals surface area contributed by atoms with E-state index in [1.165, 1.54) is 25.0 Å². The lowest BCUT2D eigenvalue weighted by Gasteiger charge is -2.31. The molecule has 0 amide bonds. The average Bonchev–Trinajstić information content (AvgIpc) is 2.36. The first-order valence-electron chi connectivity index (χ1n) is 4.94. The summed E-state index contributed by atoms with van der Waals surface area (Å²) in [6.45, 7) is 6.84. The van der Waals surface area contributed by atoms with Gasteiger partial charge in [0.05, 0.1) is 0 Å². The van der Waals surface area contributed by atoms with E-state index in [0.717, 1.165) is 5.92 Å². The van der Waals surface area contributed by atoms with Crippen molar-refractivity contribution in [2.24, 2.45) is 11.7 Å². The fourth-order valence-electron chi connectivity index (χ4n) is 1.85. The van der Waals surface area contributed by atoms with E-state index in [1.54, 1.807) is 0 Å². The largest absolute Gasteiger partial charge is 0.326 e. The van der Waals surface area contributed by atoms with Crippen molar-refractivity contribution in [3.63, 3.8) is 0 Å². The van der Waals surface area contributed by atoms with Crippen LogP contribution in [0.5, 0.6) is 0 Å². The van der Waals surface area contributed by atoms with Crippen LogP contribution in [-0.4, -0.2) is 16.5 Å². The summed E-state index contributed by atoms with van der Waals surface area (Å²) in [7, 11) is 0. The zero-order valence-corrected chi connectivity index (χ0v) is 9.29. The number of hydrogen-bond donors (Lipinski definition) is 1. The minimum Gasteiger partial charge on any atom is -0.326 e. The van der Waals surface area contributed by atoms with Crippen molar-refractivity contribution >= 4 is 11.8 Å². The summed E-state index contributed by atoms with van der Waals surface area (Å²) in [4.78, 5) is 0. The Morgan fingerprint density at radius 2 is 2.17 bits per heavy atom. The molecule has 0 radical (unpaired) electrons. The highest BCUT2D eigenvalue weighted by atomic mass is 32.2. The highest BCUT2D eigenvalue weighted by Gasteiger charge is 2.35. The van der Waals surface area contributed by atoms with Crippen molar-refractivity contribution in [2.75, 3.05) is 5.75 Å². The molecule has 1 nitrogen and oxygen atoms in total. The van der Waals surface area contributed by atoms with Crippen LogP contribution in [0.25, 0.3) is 0 Å². The Kier molecular flexibility index (Phi) is 3.47. The van der Waals surface area contributed by atoms with Crippen LogP contribution in [0.2, 0.25) is 0 Å². The second kappa shape index (κ2) is 4.01. The van der Waals surface area contributed by atoms with E-state index in [9.17, 15) is 0 Å². The predicted molar refractivity (Wildman–Crippen MR) is 57.5 cm³/mol. The smallest absolute Gasteiger partial charge is 0.0283 e. The topological polar surface area (TPSA) is 26.0 Å². The summed E-state index contributed by atoms with van der Waals surface area (Å²) < 4.78 is 0.379. The molecule has 1 aliphatic heterocycles. The van der Waals surface area contributed by atoms with Crippen LogP contribution in [-0.2, 0) is 0 Å². The fourth-order valence-corrected chi connectivity index (χ4v) is 3.20. The maximum Gasteiger partial charge on any atom is 0.0283 e. The van der Waals surface area contributed by atoms with E-state index in [4.69, 9.17) is 5.73 Å². The zero-order valence-electron chi connectivity index (χ0n) is 8.47. The van der Waals surface area contributed by atoms with Gasteiger partial charge in [0.2, 0.25) is 0 Å². The van der Waals surface area contributed by atoms with Crippen molar-refractivity contribution in [3.05, 3.63) is 0 Å². The minimum atomic E-state index is 0.379. The van der Waals surface area contributed by atoms with Crippen molar-refractivity contribution in [1.29, 1.82) is 0 Å². The van der Waals surface area contributed by atoms with Gasteiger partial charge in [-0.25, -0.2) is 0 Å². The first-order chi connectivity index (χ1) is 5.54. The summed E-state index contributed by atoms with van der Waals surface area (Å²) in [5, 5.41) is 0. The van der Waals surface area contributed by atoms with E-state index in [1.807, 2.05) is 0 Å². The number of nitrogens with two attached hydrogens (primary N) is 1. The molecule has 1 fully saturated rings. The van der Waals surface area contributed by atoms with E-state index in [0.29, 0.717) is 10.8 Å². The first-order valence-corrected chi connectivity index (χ1v) is 5.93. The fraction of sp³-hybridized carbons (Fsp3) is 1.00. The molecular weight excluding hydrogens is 166 g/mol. The van der Waals surface area contributed by atoms with Gasteiger partial charge in [0.15, 0.2) is 0 Å². The quantitative estimate of drug-likeness (QED) is 0.735. The molecular formula is C10H21NS. The Labute approximate surface area is 80.5 Å². The maximum atomic E-state index is 6.19. The predicted octanol–water partition coefficient (Wildman–Crippen LogP) is 2.65. The molecule has 0 bridgehead atoms. The third-order valence-electron chi connectivity index (χ3n) is 2.76. The number of hydrogen-bond acceptors (Lipinski definition) is 2. The molecule has 0 aromatic carbocycles. The van der Waals surface area contributed by atoms with Gasteiger partial charge in [-0.1, -0.05) is 13.8 Å². The van der Waals surface area contributed by atoms with Crippen LogP contribution < -0.4 is 5.73 Å². The summed E-state index contributed by atoms with van der Waals surface area (Å²) in [5.74, 6) is 2.04. The molecule has 0 aromatic rings. The van der Waals surface area contributed by atoms with Gasteiger partial charge in [-0.3, -0.25) is 0 Å². The molecule has 0 saturated carbocycles. The SMILES string of the molecule is CC(C)CC(N)C1(C)CCCS1. The molecule has 2 N–H and O–H groups in total. The van der Waals surface area contributed by atoms with Crippen molar-refractivity contribution < 1.29 is 0 Å². The molecule has 72 valence electrons. The molecule has 0 aliphatic carbocycles. The van der Waals surface area contributed by atoms with Gasteiger partial charge >= 0.3 is 0 Å².